The lowest BCUT2D eigenvalue weighted by Gasteiger charge is -2.12. The Bertz CT molecular complexity index is 638. The van der Waals surface area contributed by atoms with E-state index in [-0.39, 0.29) is 0 Å². The highest BCUT2D eigenvalue weighted by atomic mass is 79.9. The standard InChI is InChI=1S/C17H15Br/c1-11-5-3-4-6-14(11)16-9-13-8-7-12(2)15(13)10-17(16)18/h3-10,12H,1-2H3. The maximum Gasteiger partial charge on any atom is 0.0257 e. The summed E-state index contributed by atoms with van der Waals surface area (Å²) < 4.78 is 1.19. The first-order chi connectivity index (χ1) is 8.66. The Morgan fingerprint density at radius 1 is 1.06 bits per heavy atom. The molecule has 18 heavy (non-hydrogen) atoms. The first-order valence-electron chi connectivity index (χ1n) is 6.24. The minimum absolute atomic E-state index is 0.530. The lowest BCUT2D eigenvalue weighted by molar-refractivity contribution is 0.989. The Morgan fingerprint density at radius 3 is 2.61 bits per heavy atom. The second kappa shape index (κ2) is 4.40. The van der Waals surface area contributed by atoms with Crippen LogP contribution in [0.3, 0.4) is 0 Å². The number of hydrogen-bond acceptors (Lipinski definition) is 0. The Balaban J connectivity index is 2.20. The van der Waals surface area contributed by atoms with Crippen LogP contribution in [0.15, 0.2) is 46.9 Å². The normalized spacial score (nSPS) is 16.9. The molecule has 1 aliphatic rings. The Kier molecular flexibility index (Phi) is 2.87. The zero-order valence-electron chi connectivity index (χ0n) is 10.6. The molecule has 0 saturated carbocycles. The highest BCUT2D eigenvalue weighted by Gasteiger charge is 2.16. The van der Waals surface area contributed by atoms with E-state index in [1.54, 1.807) is 0 Å². The van der Waals surface area contributed by atoms with Gasteiger partial charge in [0.25, 0.3) is 0 Å². The van der Waals surface area contributed by atoms with E-state index in [9.17, 15) is 0 Å². The first kappa shape index (κ1) is 11.7. The van der Waals surface area contributed by atoms with Crippen LogP contribution < -0.4 is 0 Å². The molecule has 90 valence electrons. The molecule has 0 amide bonds. The van der Waals surface area contributed by atoms with Gasteiger partial charge >= 0.3 is 0 Å². The second-order valence-corrected chi connectivity index (χ2v) is 5.78. The summed E-state index contributed by atoms with van der Waals surface area (Å²) in [5, 5.41) is 0. The summed E-state index contributed by atoms with van der Waals surface area (Å²) in [6.07, 6.45) is 4.49. The average molecular weight is 299 g/mol. The summed E-state index contributed by atoms with van der Waals surface area (Å²) in [6.45, 7) is 4.40. The average Bonchev–Trinajstić information content (AvgIpc) is 2.71. The number of aryl methyl sites for hydroxylation is 1. The zero-order valence-corrected chi connectivity index (χ0v) is 12.2. The quantitative estimate of drug-likeness (QED) is 0.647. The Hall–Kier alpha value is -1.34. The minimum Gasteiger partial charge on any atom is -0.0767 e. The highest BCUT2D eigenvalue weighted by molar-refractivity contribution is 9.10. The van der Waals surface area contributed by atoms with Crippen molar-refractivity contribution in [1.82, 2.24) is 0 Å². The van der Waals surface area contributed by atoms with Gasteiger partial charge in [-0.1, -0.05) is 59.3 Å². The van der Waals surface area contributed by atoms with Gasteiger partial charge in [0.2, 0.25) is 0 Å². The smallest absolute Gasteiger partial charge is 0.0257 e. The maximum atomic E-state index is 3.72. The molecular formula is C17H15Br. The van der Waals surface area contributed by atoms with Gasteiger partial charge in [-0.3, -0.25) is 0 Å². The largest absolute Gasteiger partial charge is 0.0767 e. The minimum atomic E-state index is 0.530. The van der Waals surface area contributed by atoms with E-state index < -0.39 is 0 Å². The monoisotopic (exact) mass is 298 g/mol. The molecule has 1 heteroatoms. The SMILES string of the molecule is Cc1ccccc1-c1cc2c(cc1Br)C(C)C=C2. The number of allylic oxidation sites excluding steroid dienone is 1. The van der Waals surface area contributed by atoms with E-state index >= 15 is 0 Å². The molecule has 0 bridgehead atoms. The molecule has 0 aliphatic heterocycles. The fourth-order valence-corrected chi connectivity index (χ4v) is 3.15. The molecule has 0 aromatic heterocycles. The van der Waals surface area contributed by atoms with Crippen LogP contribution in [0.4, 0.5) is 0 Å². The van der Waals surface area contributed by atoms with E-state index in [0.717, 1.165) is 0 Å². The fraction of sp³-hybridized carbons (Fsp3) is 0.176. The molecular weight excluding hydrogens is 284 g/mol. The molecule has 2 aromatic rings. The summed E-state index contributed by atoms with van der Waals surface area (Å²) in [5.74, 6) is 0.530. The van der Waals surface area contributed by atoms with Crippen LogP contribution >= 0.6 is 15.9 Å². The summed E-state index contributed by atoms with van der Waals surface area (Å²) >= 11 is 3.72. The van der Waals surface area contributed by atoms with Gasteiger partial charge in [0.15, 0.2) is 0 Å². The molecule has 0 N–H and O–H groups in total. The van der Waals surface area contributed by atoms with Gasteiger partial charge in [-0.25, -0.2) is 0 Å². The summed E-state index contributed by atoms with van der Waals surface area (Å²) in [6, 6.07) is 13.1. The van der Waals surface area contributed by atoms with Crippen molar-refractivity contribution in [3.63, 3.8) is 0 Å². The predicted molar refractivity (Wildman–Crippen MR) is 81.8 cm³/mol. The van der Waals surface area contributed by atoms with Crippen LogP contribution in [0, 0.1) is 6.92 Å². The number of halogens is 1. The van der Waals surface area contributed by atoms with Crippen molar-refractivity contribution in [2.24, 2.45) is 0 Å². The van der Waals surface area contributed by atoms with Crippen LogP contribution in [0.25, 0.3) is 17.2 Å². The molecule has 1 aliphatic carbocycles. The van der Waals surface area contributed by atoms with Gasteiger partial charge in [-0.15, -0.1) is 0 Å². The summed E-state index contributed by atoms with van der Waals surface area (Å²) in [5.41, 5.74) is 6.67. The summed E-state index contributed by atoms with van der Waals surface area (Å²) in [7, 11) is 0. The van der Waals surface area contributed by atoms with Crippen molar-refractivity contribution in [2.75, 3.05) is 0 Å². The molecule has 1 atom stereocenters. The molecule has 2 aromatic carbocycles. The lowest BCUT2D eigenvalue weighted by Crippen LogP contribution is -1.91. The Labute approximate surface area is 116 Å². The van der Waals surface area contributed by atoms with Gasteiger partial charge in [-0.2, -0.15) is 0 Å². The first-order valence-corrected chi connectivity index (χ1v) is 7.04. The van der Waals surface area contributed by atoms with Crippen LogP contribution in [0.2, 0.25) is 0 Å². The molecule has 1 unspecified atom stereocenters. The molecule has 0 radical (unpaired) electrons. The van der Waals surface area contributed by atoms with Crippen LogP contribution in [0.1, 0.15) is 29.5 Å². The Morgan fingerprint density at radius 2 is 1.83 bits per heavy atom. The number of benzene rings is 2. The van der Waals surface area contributed by atoms with Crippen LogP contribution in [-0.4, -0.2) is 0 Å². The zero-order chi connectivity index (χ0) is 12.7. The third-order valence-corrected chi connectivity index (χ3v) is 4.32. The molecule has 0 nitrogen and oxygen atoms in total. The van der Waals surface area contributed by atoms with E-state index in [4.69, 9.17) is 0 Å². The third kappa shape index (κ3) is 1.83. The number of fused-ring (bicyclic) bond motifs is 1. The van der Waals surface area contributed by atoms with E-state index in [2.05, 4.69) is 78.3 Å². The lowest BCUT2D eigenvalue weighted by atomic mass is 9.95. The highest BCUT2D eigenvalue weighted by Crippen LogP contribution is 2.38. The number of hydrogen-bond donors (Lipinski definition) is 0. The van der Waals surface area contributed by atoms with Crippen molar-refractivity contribution in [2.45, 2.75) is 19.8 Å². The van der Waals surface area contributed by atoms with Crippen molar-refractivity contribution in [3.05, 3.63) is 63.6 Å². The molecule has 3 rings (SSSR count). The van der Waals surface area contributed by atoms with Crippen LogP contribution in [-0.2, 0) is 0 Å². The second-order valence-electron chi connectivity index (χ2n) is 4.92. The van der Waals surface area contributed by atoms with Crippen molar-refractivity contribution < 1.29 is 0 Å². The van der Waals surface area contributed by atoms with Crippen molar-refractivity contribution in [3.8, 4) is 11.1 Å². The molecule has 0 heterocycles. The molecule has 0 spiro atoms. The van der Waals surface area contributed by atoms with E-state index in [1.807, 2.05) is 0 Å². The number of rotatable bonds is 1. The van der Waals surface area contributed by atoms with Gasteiger partial charge < -0.3 is 0 Å². The van der Waals surface area contributed by atoms with E-state index in [0.29, 0.717) is 5.92 Å². The topological polar surface area (TPSA) is 0 Å². The van der Waals surface area contributed by atoms with E-state index in [1.165, 1.54) is 32.3 Å². The van der Waals surface area contributed by atoms with Gasteiger partial charge in [0.1, 0.15) is 0 Å². The van der Waals surface area contributed by atoms with Crippen molar-refractivity contribution >= 4 is 22.0 Å². The fourth-order valence-electron chi connectivity index (χ4n) is 2.58. The van der Waals surface area contributed by atoms with Gasteiger partial charge in [-0.05, 0) is 52.8 Å². The van der Waals surface area contributed by atoms with Crippen molar-refractivity contribution in [1.29, 1.82) is 0 Å². The molecule has 0 saturated heterocycles. The third-order valence-electron chi connectivity index (χ3n) is 3.66. The molecule has 0 fully saturated rings. The van der Waals surface area contributed by atoms with Gasteiger partial charge in [0, 0.05) is 4.47 Å². The maximum absolute atomic E-state index is 3.72. The van der Waals surface area contributed by atoms with Gasteiger partial charge in [0.05, 0.1) is 0 Å². The van der Waals surface area contributed by atoms with Crippen LogP contribution in [0.5, 0.6) is 0 Å². The predicted octanol–water partition coefficient (Wildman–Crippen LogP) is 5.55. The summed E-state index contributed by atoms with van der Waals surface area (Å²) in [4.78, 5) is 0.